The standard InChI is InChI=1S/C29H43N5O4S/c1-18(2)17-24(25(35)28-32-33-29(38-28)39-19(3)4)31-27(37)22-9-7-8-10-23(22)30-26(36)21-13-11-20(12-14-21)15-16-34(5)6/h11-14,18-19,22-24H,7-10,15-17H2,1-6H3,(H,30,36)(H,31,37)/t22-,23+,24?/m1/s1. The molecule has 39 heavy (non-hydrogen) atoms. The van der Waals surface area contributed by atoms with Crippen LogP contribution < -0.4 is 10.6 Å². The van der Waals surface area contributed by atoms with Crippen molar-refractivity contribution in [1.29, 1.82) is 0 Å². The van der Waals surface area contributed by atoms with Gasteiger partial charge in [0, 0.05) is 23.4 Å². The molecule has 0 spiro atoms. The number of carbonyl (C=O) groups is 3. The van der Waals surface area contributed by atoms with Gasteiger partial charge < -0.3 is 20.0 Å². The predicted molar refractivity (Wildman–Crippen MR) is 153 cm³/mol. The first kappa shape index (κ1) is 30.8. The summed E-state index contributed by atoms with van der Waals surface area (Å²) in [5.74, 6) is -1.14. The fraction of sp³-hybridized carbons (Fsp3) is 0.621. The lowest BCUT2D eigenvalue weighted by Gasteiger charge is -2.32. The molecule has 1 aliphatic carbocycles. The molecule has 2 amide bonds. The molecule has 0 radical (unpaired) electrons. The highest BCUT2D eigenvalue weighted by Gasteiger charge is 2.35. The molecule has 214 valence electrons. The predicted octanol–water partition coefficient (Wildman–Crippen LogP) is 4.38. The first-order chi connectivity index (χ1) is 18.5. The van der Waals surface area contributed by atoms with Crippen molar-refractivity contribution in [3.05, 3.63) is 41.3 Å². The number of Topliss-reactive ketones (excluding diaryl/α,β-unsaturated/α-hetero) is 1. The quantitative estimate of drug-likeness (QED) is 0.275. The van der Waals surface area contributed by atoms with Crippen LogP contribution in [0.5, 0.6) is 0 Å². The summed E-state index contributed by atoms with van der Waals surface area (Å²) in [4.78, 5) is 41.9. The van der Waals surface area contributed by atoms with E-state index >= 15 is 0 Å². The van der Waals surface area contributed by atoms with E-state index in [1.807, 2.05) is 66.1 Å². The molecule has 3 rings (SSSR count). The first-order valence-corrected chi connectivity index (χ1v) is 14.8. The van der Waals surface area contributed by atoms with Gasteiger partial charge in [-0.25, -0.2) is 0 Å². The molecule has 2 N–H and O–H groups in total. The van der Waals surface area contributed by atoms with Gasteiger partial charge in [-0.2, -0.15) is 0 Å². The number of likely N-dealkylation sites (N-methyl/N-ethyl adjacent to an activating group) is 1. The molecule has 0 bridgehead atoms. The topological polar surface area (TPSA) is 117 Å². The Hall–Kier alpha value is -2.72. The lowest BCUT2D eigenvalue weighted by atomic mass is 9.83. The Morgan fingerprint density at radius 1 is 1.05 bits per heavy atom. The van der Waals surface area contributed by atoms with E-state index in [9.17, 15) is 14.4 Å². The third kappa shape index (κ3) is 9.46. The van der Waals surface area contributed by atoms with Crippen LogP contribution in [0.4, 0.5) is 0 Å². The summed E-state index contributed by atoms with van der Waals surface area (Å²) in [6.07, 6.45) is 4.56. The number of carbonyl (C=O) groups excluding carboxylic acids is 3. The molecular weight excluding hydrogens is 514 g/mol. The summed E-state index contributed by atoms with van der Waals surface area (Å²) in [6.45, 7) is 8.93. The van der Waals surface area contributed by atoms with E-state index in [0.717, 1.165) is 25.8 Å². The van der Waals surface area contributed by atoms with Crippen molar-refractivity contribution in [2.45, 2.75) is 88.8 Å². The Balaban J connectivity index is 1.66. The molecule has 2 aromatic rings. The van der Waals surface area contributed by atoms with Crippen molar-refractivity contribution in [1.82, 2.24) is 25.7 Å². The van der Waals surface area contributed by atoms with E-state index in [0.29, 0.717) is 30.0 Å². The van der Waals surface area contributed by atoms with Crippen molar-refractivity contribution < 1.29 is 18.8 Å². The number of hydrogen-bond acceptors (Lipinski definition) is 8. The van der Waals surface area contributed by atoms with E-state index in [-0.39, 0.29) is 40.7 Å². The molecule has 1 aliphatic rings. The van der Waals surface area contributed by atoms with Crippen molar-refractivity contribution in [2.75, 3.05) is 20.6 Å². The third-order valence-corrected chi connectivity index (χ3v) is 7.61. The van der Waals surface area contributed by atoms with Crippen LogP contribution in [-0.2, 0) is 11.2 Å². The maximum atomic E-state index is 13.5. The number of thioether (sulfide) groups is 1. The van der Waals surface area contributed by atoms with Crippen LogP contribution >= 0.6 is 11.8 Å². The molecule has 9 nitrogen and oxygen atoms in total. The molecular formula is C29H43N5O4S. The summed E-state index contributed by atoms with van der Waals surface area (Å²) < 4.78 is 5.58. The Bertz CT molecular complexity index is 1100. The number of nitrogens with zero attached hydrogens (tertiary/aromatic N) is 3. The Labute approximate surface area is 236 Å². The molecule has 1 aromatic carbocycles. The summed E-state index contributed by atoms with van der Waals surface area (Å²) in [5.41, 5.74) is 1.75. The minimum Gasteiger partial charge on any atom is -0.408 e. The molecule has 1 aromatic heterocycles. The van der Waals surface area contributed by atoms with Crippen LogP contribution in [0.1, 0.15) is 86.4 Å². The monoisotopic (exact) mass is 557 g/mol. The van der Waals surface area contributed by atoms with Crippen LogP contribution in [0.25, 0.3) is 0 Å². The van der Waals surface area contributed by atoms with Crippen LogP contribution in [-0.4, -0.2) is 70.7 Å². The average Bonchev–Trinajstić information content (AvgIpc) is 3.34. The van der Waals surface area contributed by atoms with Gasteiger partial charge in [0.15, 0.2) is 0 Å². The smallest absolute Gasteiger partial charge is 0.286 e. The van der Waals surface area contributed by atoms with Crippen molar-refractivity contribution in [3.63, 3.8) is 0 Å². The molecule has 0 saturated heterocycles. The number of ketones is 1. The highest BCUT2D eigenvalue weighted by atomic mass is 32.2. The average molecular weight is 558 g/mol. The first-order valence-electron chi connectivity index (χ1n) is 13.9. The van der Waals surface area contributed by atoms with Gasteiger partial charge in [0.25, 0.3) is 17.0 Å². The molecule has 1 fully saturated rings. The Morgan fingerprint density at radius 2 is 1.74 bits per heavy atom. The summed E-state index contributed by atoms with van der Waals surface area (Å²) in [7, 11) is 4.07. The van der Waals surface area contributed by atoms with E-state index in [1.165, 1.54) is 17.3 Å². The number of amides is 2. The highest BCUT2D eigenvalue weighted by molar-refractivity contribution is 7.99. The summed E-state index contributed by atoms with van der Waals surface area (Å²) in [6, 6.07) is 6.56. The Kier molecular flexibility index (Phi) is 11.5. The van der Waals surface area contributed by atoms with Gasteiger partial charge in [0.05, 0.1) is 12.0 Å². The van der Waals surface area contributed by atoms with E-state index in [4.69, 9.17) is 4.42 Å². The minimum atomic E-state index is -0.775. The molecule has 1 heterocycles. The van der Waals surface area contributed by atoms with Gasteiger partial charge in [-0.05, 0) is 63.4 Å². The maximum absolute atomic E-state index is 13.5. The largest absolute Gasteiger partial charge is 0.408 e. The van der Waals surface area contributed by atoms with Crippen molar-refractivity contribution in [3.8, 4) is 0 Å². The van der Waals surface area contributed by atoms with Crippen LogP contribution in [0, 0.1) is 11.8 Å². The van der Waals surface area contributed by atoms with Gasteiger partial charge in [-0.1, -0.05) is 64.4 Å². The van der Waals surface area contributed by atoms with E-state index < -0.39 is 12.0 Å². The number of aromatic nitrogens is 2. The van der Waals surface area contributed by atoms with E-state index in [2.05, 4.69) is 25.7 Å². The van der Waals surface area contributed by atoms with Gasteiger partial charge >= 0.3 is 0 Å². The molecule has 10 heteroatoms. The molecule has 1 saturated carbocycles. The molecule has 0 aliphatic heterocycles. The maximum Gasteiger partial charge on any atom is 0.286 e. The highest BCUT2D eigenvalue weighted by Crippen LogP contribution is 2.26. The molecule has 3 atom stereocenters. The minimum absolute atomic E-state index is 0.0911. The fourth-order valence-electron chi connectivity index (χ4n) is 4.73. The third-order valence-electron chi connectivity index (χ3n) is 6.78. The van der Waals surface area contributed by atoms with Crippen molar-refractivity contribution >= 4 is 29.4 Å². The van der Waals surface area contributed by atoms with Crippen LogP contribution in [0.2, 0.25) is 0 Å². The zero-order valence-corrected chi connectivity index (χ0v) is 24.8. The van der Waals surface area contributed by atoms with Gasteiger partial charge in [-0.3, -0.25) is 14.4 Å². The molecule has 1 unspecified atom stereocenters. The van der Waals surface area contributed by atoms with Crippen LogP contribution in [0.3, 0.4) is 0 Å². The van der Waals surface area contributed by atoms with Crippen molar-refractivity contribution in [2.24, 2.45) is 11.8 Å². The summed E-state index contributed by atoms with van der Waals surface area (Å²) in [5, 5.41) is 14.5. The van der Waals surface area contributed by atoms with Gasteiger partial charge in [-0.15, -0.1) is 10.2 Å². The fourth-order valence-corrected chi connectivity index (χ4v) is 5.35. The van der Waals surface area contributed by atoms with E-state index in [1.54, 1.807) is 0 Å². The number of nitrogens with one attached hydrogen (secondary N) is 2. The van der Waals surface area contributed by atoms with Gasteiger partial charge in [0.1, 0.15) is 0 Å². The number of benzene rings is 1. The zero-order chi connectivity index (χ0) is 28.5. The SMILES string of the molecule is CC(C)CC(NC(=O)[C@@H]1CCCC[C@@H]1NC(=O)c1ccc(CCN(C)C)cc1)C(=O)c1nnc(SC(C)C)o1. The second kappa shape index (κ2) is 14.6. The van der Waals surface area contributed by atoms with Gasteiger partial charge in [0.2, 0.25) is 11.7 Å². The normalized spacial score (nSPS) is 18.4. The lowest BCUT2D eigenvalue weighted by Crippen LogP contribution is -2.52. The van der Waals surface area contributed by atoms with Crippen LogP contribution in [0.15, 0.2) is 33.9 Å². The lowest BCUT2D eigenvalue weighted by molar-refractivity contribution is -0.127. The second-order valence-corrected chi connectivity index (χ2v) is 12.8. The zero-order valence-electron chi connectivity index (χ0n) is 24.0. The summed E-state index contributed by atoms with van der Waals surface area (Å²) >= 11 is 1.39. The number of hydrogen-bond donors (Lipinski definition) is 2. The Morgan fingerprint density at radius 3 is 2.38 bits per heavy atom. The second-order valence-electron chi connectivity index (χ2n) is 11.3. The number of rotatable bonds is 13.